The van der Waals surface area contributed by atoms with E-state index >= 15 is 0 Å². The Morgan fingerprint density at radius 2 is 1.83 bits per heavy atom. The fourth-order valence-electron chi connectivity index (χ4n) is 2.12. The van der Waals surface area contributed by atoms with Crippen LogP contribution in [-0.4, -0.2) is 10.9 Å². The predicted octanol–water partition coefficient (Wildman–Crippen LogP) is 4.43. The zero-order chi connectivity index (χ0) is 16.2. The van der Waals surface area contributed by atoms with Crippen LogP contribution in [0.5, 0.6) is 0 Å². The minimum Gasteiger partial charge on any atom is -0.298 e. The first-order valence-corrected chi connectivity index (χ1v) is 7.99. The zero-order valence-electron chi connectivity index (χ0n) is 12.5. The molecule has 1 heterocycles. The van der Waals surface area contributed by atoms with Gasteiger partial charge in [0, 0.05) is 23.1 Å². The maximum absolute atomic E-state index is 12.9. The summed E-state index contributed by atoms with van der Waals surface area (Å²) in [5.74, 6) is -0.420. The molecule has 3 nitrogen and oxygen atoms in total. The number of nitrogens with one attached hydrogen (secondary N) is 1. The molecule has 1 amide bonds. The van der Waals surface area contributed by atoms with Crippen LogP contribution in [0.25, 0.3) is 0 Å². The molecular formula is C18H15FN2OS. The van der Waals surface area contributed by atoms with E-state index in [1.54, 1.807) is 30.5 Å². The Balaban J connectivity index is 1.66. The summed E-state index contributed by atoms with van der Waals surface area (Å²) >= 11 is 1.42. The van der Waals surface area contributed by atoms with E-state index in [9.17, 15) is 9.18 Å². The van der Waals surface area contributed by atoms with Crippen molar-refractivity contribution in [3.63, 3.8) is 0 Å². The van der Waals surface area contributed by atoms with E-state index in [0.717, 1.165) is 16.0 Å². The fraction of sp³-hybridized carbons (Fsp3) is 0.111. The monoisotopic (exact) mass is 326 g/mol. The van der Waals surface area contributed by atoms with Crippen molar-refractivity contribution in [1.82, 2.24) is 4.98 Å². The lowest BCUT2D eigenvalue weighted by Crippen LogP contribution is -2.11. The van der Waals surface area contributed by atoms with E-state index < -0.39 is 0 Å². The van der Waals surface area contributed by atoms with Crippen molar-refractivity contribution in [2.45, 2.75) is 13.3 Å². The molecular weight excluding hydrogens is 311 g/mol. The molecule has 0 atom stereocenters. The molecule has 1 N–H and O–H groups in total. The fourth-order valence-corrected chi connectivity index (χ4v) is 2.97. The number of carbonyl (C=O) groups excluding carboxylic acids is 1. The van der Waals surface area contributed by atoms with Gasteiger partial charge in [-0.25, -0.2) is 9.37 Å². The van der Waals surface area contributed by atoms with Crippen molar-refractivity contribution >= 4 is 22.4 Å². The van der Waals surface area contributed by atoms with Crippen LogP contribution in [0.4, 0.5) is 9.52 Å². The van der Waals surface area contributed by atoms with Crippen molar-refractivity contribution in [2.75, 3.05) is 5.32 Å². The molecule has 2 aromatic carbocycles. The highest BCUT2D eigenvalue weighted by Crippen LogP contribution is 2.22. The minimum absolute atomic E-state index is 0.173. The van der Waals surface area contributed by atoms with Crippen molar-refractivity contribution < 1.29 is 9.18 Å². The molecule has 0 saturated heterocycles. The molecule has 0 fully saturated rings. The second-order valence-corrected chi connectivity index (χ2v) is 6.37. The summed E-state index contributed by atoms with van der Waals surface area (Å²) in [4.78, 5) is 17.4. The number of nitrogens with zero attached hydrogens (tertiary/aromatic N) is 1. The Morgan fingerprint density at radius 1 is 1.13 bits per heavy atom. The van der Waals surface area contributed by atoms with Gasteiger partial charge in [-0.15, -0.1) is 11.3 Å². The highest BCUT2D eigenvalue weighted by molar-refractivity contribution is 7.15. The summed E-state index contributed by atoms with van der Waals surface area (Å²) in [5, 5.41) is 3.36. The number of rotatable bonds is 4. The van der Waals surface area contributed by atoms with E-state index in [2.05, 4.69) is 10.3 Å². The molecule has 0 aliphatic carbocycles. The molecule has 0 unspecified atom stereocenters. The van der Waals surface area contributed by atoms with Gasteiger partial charge in [0.05, 0.1) is 0 Å². The van der Waals surface area contributed by atoms with Crippen LogP contribution in [0, 0.1) is 12.7 Å². The first kappa shape index (κ1) is 15.4. The summed E-state index contributed by atoms with van der Waals surface area (Å²) < 4.78 is 12.9. The van der Waals surface area contributed by atoms with Gasteiger partial charge in [-0.2, -0.15) is 0 Å². The van der Waals surface area contributed by atoms with E-state index in [4.69, 9.17) is 0 Å². The van der Waals surface area contributed by atoms with E-state index in [-0.39, 0.29) is 11.7 Å². The molecule has 0 radical (unpaired) electrons. The van der Waals surface area contributed by atoms with E-state index in [1.807, 2.05) is 19.1 Å². The molecule has 0 aliphatic rings. The molecule has 0 aliphatic heterocycles. The highest BCUT2D eigenvalue weighted by atomic mass is 32.1. The number of anilines is 1. The quantitative estimate of drug-likeness (QED) is 0.770. The Bertz CT molecular complexity index is 810. The Kier molecular flexibility index (Phi) is 4.48. The second-order valence-electron chi connectivity index (χ2n) is 5.26. The first-order valence-electron chi connectivity index (χ1n) is 7.17. The van der Waals surface area contributed by atoms with Gasteiger partial charge in [0.15, 0.2) is 5.13 Å². The predicted molar refractivity (Wildman–Crippen MR) is 90.5 cm³/mol. The van der Waals surface area contributed by atoms with Crippen molar-refractivity contribution in [3.05, 3.63) is 82.1 Å². The highest BCUT2D eigenvalue weighted by Gasteiger charge is 2.09. The largest absolute Gasteiger partial charge is 0.298 e. The molecule has 5 heteroatoms. The number of hydrogen-bond acceptors (Lipinski definition) is 3. The summed E-state index contributed by atoms with van der Waals surface area (Å²) in [6.07, 6.45) is 2.40. The van der Waals surface area contributed by atoms with Crippen molar-refractivity contribution in [2.24, 2.45) is 0 Å². The standard InChI is InChI=1S/C18H15FN2OS/c1-12-2-6-14(7-3-12)17(22)21-18-20-11-16(23-18)10-13-4-8-15(19)9-5-13/h2-9,11H,10H2,1H3,(H,20,21,22). The number of carbonyl (C=O) groups is 1. The second kappa shape index (κ2) is 6.71. The average molecular weight is 326 g/mol. The average Bonchev–Trinajstić information content (AvgIpc) is 2.97. The molecule has 0 bridgehead atoms. The van der Waals surface area contributed by atoms with Gasteiger partial charge in [0.25, 0.3) is 5.91 Å². The molecule has 116 valence electrons. The lowest BCUT2D eigenvalue weighted by molar-refractivity contribution is 0.102. The lowest BCUT2D eigenvalue weighted by Gasteiger charge is -2.02. The number of hydrogen-bond donors (Lipinski definition) is 1. The summed E-state index contributed by atoms with van der Waals surface area (Å²) in [6.45, 7) is 1.98. The molecule has 23 heavy (non-hydrogen) atoms. The van der Waals surface area contributed by atoms with Gasteiger partial charge >= 0.3 is 0 Å². The Morgan fingerprint density at radius 3 is 2.52 bits per heavy atom. The van der Waals surface area contributed by atoms with Crippen LogP contribution >= 0.6 is 11.3 Å². The minimum atomic E-state index is -0.246. The van der Waals surface area contributed by atoms with Crippen LogP contribution < -0.4 is 5.32 Å². The summed E-state index contributed by atoms with van der Waals surface area (Å²) in [7, 11) is 0. The molecule has 0 saturated carbocycles. The summed E-state index contributed by atoms with van der Waals surface area (Å²) in [5.41, 5.74) is 2.72. The number of benzene rings is 2. The lowest BCUT2D eigenvalue weighted by atomic mass is 10.1. The van der Waals surface area contributed by atoms with Gasteiger partial charge in [0.2, 0.25) is 0 Å². The van der Waals surface area contributed by atoms with Gasteiger partial charge in [0.1, 0.15) is 5.82 Å². The number of aryl methyl sites for hydroxylation is 1. The van der Waals surface area contributed by atoms with Crippen LogP contribution in [0.2, 0.25) is 0 Å². The third-order valence-corrected chi connectivity index (χ3v) is 4.29. The maximum Gasteiger partial charge on any atom is 0.257 e. The van der Waals surface area contributed by atoms with Crippen molar-refractivity contribution in [3.8, 4) is 0 Å². The molecule has 3 rings (SSSR count). The van der Waals surface area contributed by atoms with Gasteiger partial charge in [-0.1, -0.05) is 29.8 Å². The summed E-state index contributed by atoms with van der Waals surface area (Å²) in [6, 6.07) is 13.8. The number of thiazole rings is 1. The molecule has 3 aromatic rings. The number of aromatic nitrogens is 1. The van der Waals surface area contributed by atoms with Gasteiger partial charge in [-0.05, 0) is 36.8 Å². The van der Waals surface area contributed by atoms with Crippen LogP contribution in [0.3, 0.4) is 0 Å². The van der Waals surface area contributed by atoms with Crippen LogP contribution in [0.1, 0.15) is 26.4 Å². The molecule has 0 spiro atoms. The Hall–Kier alpha value is -2.53. The maximum atomic E-state index is 12.9. The van der Waals surface area contributed by atoms with Gasteiger partial charge in [-0.3, -0.25) is 10.1 Å². The smallest absolute Gasteiger partial charge is 0.257 e. The Labute approximate surface area is 137 Å². The van der Waals surface area contributed by atoms with E-state index in [1.165, 1.54) is 23.5 Å². The zero-order valence-corrected chi connectivity index (χ0v) is 13.4. The normalized spacial score (nSPS) is 10.5. The van der Waals surface area contributed by atoms with Gasteiger partial charge < -0.3 is 0 Å². The SMILES string of the molecule is Cc1ccc(C(=O)Nc2ncc(Cc3ccc(F)cc3)s2)cc1. The molecule has 1 aromatic heterocycles. The number of halogens is 1. The van der Waals surface area contributed by atoms with Crippen LogP contribution in [0.15, 0.2) is 54.7 Å². The third kappa shape index (κ3) is 4.02. The third-order valence-electron chi connectivity index (χ3n) is 3.38. The first-order chi connectivity index (χ1) is 11.1. The van der Waals surface area contributed by atoms with E-state index in [0.29, 0.717) is 17.1 Å². The van der Waals surface area contributed by atoms with Crippen LogP contribution in [-0.2, 0) is 6.42 Å². The van der Waals surface area contributed by atoms with Crippen molar-refractivity contribution in [1.29, 1.82) is 0 Å². The number of amides is 1. The topological polar surface area (TPSA) is 42.0 Å².